The van der Waals surface area contributed by atoms with Crippen LogP contribution in [-0.4, -0.2) is 12.4 Å². The molecule has 24 heavy (non-hydrogen) atoms. The minimum atomic E-state index is 0.164. The third kappa shape index (κ3) is 3.94. The summed E-state index contributed by atoms with van der Waals surface area (Å²) >= 11 is 0. The number of allylic oxidation sites excluding steroid dienone is 1. The molecule has 0 N–H and O–H groups in total. The number of benzene rings is 2. The molecule has 2 heteroatoms. The van der Waals surface area contributed by atoms with Crippen LogP contribution in [0.5, 0.6) is 5.75 Å². The number of hydrogen-bond donors (Lipinski definition) is 0. The molecule has 0 saturated heterocycles. The van der Waals surface area contributed by atoms with Gasteiger partial charge in [0.2, 0.25) is 0 Å². The molecule has 0 heterocycles. The number of rotatable bonds is 6. The molecule has 124 valence electrons. The van der Waals surface area contributed by atoms with Crippen LogP contribution in [0.3, 0.4) is 0 Å². The van der Waals surface area contributed by atoms with Crippen molar-refractivity contribution in [2.75, 3.05) is 6.61 Å². The highest BCUT2D eigenvalue weighted by Crippen LogP contribution is 2.26. The average molecular weight is 320 g/mol. The van der Waals surface area contributed by atoms with Gasteiger partial charge in [0.15, 0.2) is 5.78 Å². The number of hydrogen-bond acceptors (Lipinski definition) is 2. The SMILES string of the molecule is CCCCCOc1ccc(/C=C2/CCc3ccccc3C2=O)cc1. The van der Waals surface area contributed by atoms with Gasteiger partial charge in [0.1, 0.15) is 5.75 Å². The molecule has 0 amide bonds. The molecule has 1 aliphatic carbocycles. The largest absolute Gasteiger partial charge is 0.494 e. The van der Waals surface area contributed by atoms with Crippen molar-refractivity contribution in [3.63, 3.8) is 0 Å². The van der Waals surface area contributed by atoms with E-state index in [9.17, 15) is 4.79 Å². The number of ether oxygens (including phenoxy) is 1. The Bertz CT molecular complexity index is 726. The monoisotopic (exact) mass is 320 g/mol. The molecule has 0 fully saturated rings. The maximum absolute atomic E-state index is 12.6. The minimum absolute atomic E-state index is 0.164. The lowest BCUT2D eigenvalue weighted by atomic mass is 9.86. The van der Waals surface area contributed by atoms with E-state index in [0.29, 0.717) is 0 Å². The molecule has 0 radical (unpaired) electrons. The Kier molecular flexibility index (Phi) is 5.47. The second kappa shape index (κ2) is 7.96. The molecular weight excluding hydrogens is 296 g/mol. The highest BCUT2D eigenvalue weighted by Gasteiger charge is 2.20. The zero-order valence-corrected chi connectivity index (χ0v) is 14.3. The first kappa shape index (κ1) is 16.5. The van der Waals surface area contributed by atoms with Crippen LogP contribution in [0.1, 0.15) is 54.1 Å². The lowest BCUT2D eigenvalue weighted by molar-refractivity contribution is 0.102. The van der Waals surface area contributed by atoms with E-state index in [1.807, 2.05) is 48.5 Å². The van der Waals surface area contributed by atoms with Crippen molar-refractivity contribution in [1.82, 2.24) is 0 Å². The summed E-state index contributed by atoms with van der Waals surface area (Å²) in [5, 5.41) is 0. The topological polar surface area (TPSA) is 26.3 Å². The van der Waals surface area contributed by atoms with Gasteiger partial charge in [-0.05, 0) is 48.6 Å². The summed E-state index contributed by atoms with van der Waals surface area (Å²) in [5.74, 6) is 1.06. The molecule has 3 rings (SSSR count). The zero-order chi connectivity index (χ0) is 16.8. The second-order valence-electron chi connectivity index (χ2n) is 6.28. The van der Waals surface area contributed by atoms with Crippen LogP contribution >= 0.6 is 0 Å². The van der Waals surface area contributed by atoms with Crippen molar-refractivity contribution >= 4 is 11.9 Å². The van der Waals surface area contributed by atoms with Crippen molar-refractivity contribution in [2.24, 2.45) is 0 Å². The first-order chi connectivity index (χ1) is 11.8. The molecule has 0 atom stereocenters. The predicted molar refractivity (Wildman–Crippen MR) is 98.5 cm³/mol. The van der Waals surface area contributed by atoms with E-state index >= 15 is 0 Å². The zero-order valence-electron chi connectivity index (χ0n) is 14.3. The van der Waals surface area contributed by atoms with E-state index in [0.717, 1.165) is 53.9 Å². The van der Waals surface area contributed by atoms with Crippen molar-refractivity contribution in [3.05, 3.63) is 70.8 Å². The first-order valence-electron chi connectivity index (χ1n) is 8.84. The summed E-state index contributed by atoms with van der Waals surface area (Å²) in [5.41, 5.74) is 3.96. The third-order valence-electron chi connectivity index (χ3n) is 4.45. The van der Waals surface area contributed by atoms with Crippen LogP contribution in [0.2, 0.25) is 0 Å². The first-order valence-corrected chi connectivity index (χ1v) is 8.84. The van der Waals surface area contributed by atoms with Crippen LogP contribution in [0.25, 0.3) is 6.08 Å². The smallest absolute Gasteiger partial charge is 0.189 e. The van der Waals surface area contributed by atoms with Gasteiger partial charge in [-0.1, -0.05) is 56.2 Å². The molecule has 0 saturated carbocycles. The van der Waals surface area contributed by atoms with Crippen LogP contribution < -0.4 is 4.74 Å². The van der Waals surface area contributed by atoms with Gasteiger partial charge in [0, 0.05) is 11.1 Å². The second-order valence-corrected chi connectivity index (χ2v) is 6.28. The van der Waals surface area contributed by atoms with E-state index in [2.05, 4.69) is 13.0 Å². The molecule has 0 aliphatic heterocycles. The van der Waals surface area contributed by atoms with Gasteiger partial charge in [-0.25, -0.2) is 0 Å². The van der Waals surface area contributed by atoms with Crippen molar-refractivity contribution in [2.45, 2.75) is 39.0 Å². The fourth-order valence-corrected chi connectivity index (χ4v) is 3.06. The summed E-state index contributed by atoms with van der Waals surface area (Å²) in [6.07, 6.45) is 7.26. The third-order valence-corrected chi connectivity index (χ3v) is 4.45. The summed E-state index contributed by atoms with van der Waals surface area (Å²) in [7, 11) is 0. The molecule has 0 spiro atoms. The summed E-state index contributed by atoms with van der Waals surface area (Å²) in [4.78, 5) is 12.6. The van der Waals surface area contributed by atoms with Crippen LogP contribution in [0.4, 0.5) is 0 Å². The highest BCUT2D eigenvalue weighted by atomic mass is 16.5. The molecule has 2 aromatic rings. The van der Waals surface area contributed by atoms with Crippen molar-refractivity contribution in [3.8, 4) is 5.75 Å². The van der Waals surface area contributed by atoms with Crippen molar-refractivity contribution < 1.29 is 9.53 Å². The highest BCUT2D eigenvalue weighted by molar-refractivity contribution is 6.13. The van der Waals surface area contributed by atoms with Gasteiger partial charge < -0.3 is 4.74 Å². The fourth-order valence-electron chi connectivity index (χ4n) is 3.06. The molecule has 0 aromatic heterocycles. The van der Waals surface area contributed by atoms with E-state index in [4.69, 9.17) is 4.74 Å². The Hall–Kier alpha value is -2.35. The number of aryl methyl sites for hydroxylation is 1. The Morgan fingerprint density at radius 2 is 1.79 bits per heavy atom. The van der Waals surface area contributed by atoms with E-state index < -0.39 is 0 Å². The quantitative estimate of drug-likeness (QED) is 0.521. The van der Waals surface area contributed by atoms with Crippen LogP contribution in [0.15, 0.2) is 54.1 Å². The number of ketones is 1. The summed E-state index contributed by atoms with van der Waals surface area (Å²) in [6.45, 7) is 2.96. The van der Waals surface area contributed by atoms with Crippen LogP contribution in [-0.2, 0) is 6.42 Å². The average Bonchev–Trinajstić information content (AvgIpc) is 2.63. The summed E-state index contributed by atoms with van der Waals surface area (Å²) in [6, 6.07) is 15.9. The number of carbonyl (C=O) groups excluding carboxylic acids is 1. The minimum Gasteiger partial charge on any atom is -0.494 e. The van der Waals surface area contributed by atoms with E-state index in [1.54, 1.807) is 0 Å². The number of carbonyl (C=O) groups is 1. The number of unbranched alkanes of at least 4 members (excludes halogenated alkanes) is 2. The predicted octanol–water partition coefficient (Wildman–Crippen LogP) is 5.47. The number of fused-ring (bicyclic) bond motifs is 1. The molecule has 0 unspecified atom stereocenters. The lowest BCUT2D eigenvalue weighted by Crippen LogP contribution is -2.13. The Morgan fingerprint density at radius 3 is 2.58 bits per heavy atom. The molecule has 2 aromatic carbocycles. The molecule has 2 nitrogen and oxygen atoms in total. The summed E-state index contributed by atoms with van der Waals surface area (Å²) < 4.78 is 5.73. The van der Waals surface area contributed by atoms with Gasteiger partial charge in [-0.3, -0.25) is 4.79 Å². The standard InChI is InChI=1S/C22H24O2/c1-2-3-6-15-24-20-13-9-17(10-14-20)16-19-12-11-18-7-4-5-8-21(18)22(19)23/h4-5,7-10,13-14,16H,2-3,6,11-12,15H2,1H3/b19-16-. The number of Topliss-reactive ketones (excluding diaryl/α,β-unsaturated/α-hetero) is 1. The molecule has 0 bridgehead atoms. The van der Waals surface area contributed by atoms with Gasteiger partial charge in [0.05, 0.1) is 6.61 Å². The van der Waals surface area contributed by atoms with Crippen molar-refractivity contribution in [1.29, 1.82) is 0 Å². The molecular formula is C22H24O2. The molecule has 1 aliphatic rings. The fraction of sp³-hybridized carbons (Fsp3) is 0.318. The van der Waals surface area contributed by atoms with Crippen LogP contribution in [0, 0.1) is 0 Å². The van der Waals surface area contributed by atoms with E-state index in [1.165, 1.54) is 12.8 Å². The van der Waals surface area contributed by atoms with Gasteiger partial charge in [-0.15, -0.1) is 0 Å². The normalized spacial score (nSPS) is 15.4. The Labute approximate surface area is 144 Å². The maximum Gasteiger partial charge on any atom is 0.189 e. The maximum atomic E-state index is 12.6. The Morgan fingerprint density at radius 1 is 1.00 bits per heavy atom. The Balaban J connectivity index is 1.67. The van der Waals surface area contributed by atoms with Gasteiger partial charge in [-0.2, -0.15) is 0 Å². The van der Waals surface area contributed by atoms with E-state index in [-0.39, 0.29) is 5.78 Å². The lowest BCUT2D eigenvalue weighted by Gasteiger charge is -2.17. The van der Waals surface area contributed by atoms with Gasteiger partial charge in [0.25, 0.3) is 0 Å². The van der Waals surface area contributed by atoms with Gasteiger partial charge >= 0.3 is 0 Å².